The van der Waals surface area contributed by atoms with E-state index in [4.69, 9.17) is 4.74 Å². The molecule has 0 radical (unpaired) electrons. The van der Waals surface area contributed by atoms with Crippen molar-refractivity contribution < 1.29 is 4.74 Å². The minimum absolute atomic E-state index is 0.505. The number of rotatable bonds is 2. The highest BCUT2D eigenvalue weighted by atomic mass is 16.5. The van der Waals surface area contributed by atoms with Gasteiger partial charge >= 0.3 is 0 Å². The van der Waals surface area contributed by atoms with Crippen LogP contribution < -0.4 is 5.32 Å². The highest BCUT2D eigenvalue weighted by Crippen LogP contribution is 2.30. The number of nitrogens with one attached hydrogen (secondary N) is 1. The van der Waals surface area contributed by atoms with Crippen LogP contribution in [0.2, 0.25) is 0 Å². The lowest BCUT2D eigenvalue weighted by atomic mass is 9.82. The van der Waals surface area contributed by atoms with Crippen LogP contribution >= 0.6 is 0 Å². The highest BCUT2D eigenvalue weighted by Gasteiger charge is 2.29. The van der Waals surface area contributed by atoms with E-state index in [2.05, 4.69) is 17.1 Å². The Morgan fingerprint density at radius 2 is 1.75 bits per heavy atom. The van der Waals surface area contributed by atoms with Crippen LogP contribution in [0.3, 0.4) is 0 Å². The Kier molecular flexibility index (Phi) is 4.62. The van der Waals surface area contributed by atoms with Gasteiger partial charge in [-0.2, -0.15) is 0 Å². The van der Waals surface area contributed by atoms with E-state index in [1.165, 1.54) is 58.4 Å². The van der Waals surface area contributed by atoms with Gasteiger partial charge in [0, 0.05) is 19.8 Å². The van der Waals surface area contributed by atoms with Crippen LogP contribution in [-0.2, 0) is 4.74 Å². The number of nitrogens with zero attached hydrogens (tertiary/aromatic N) is 1. The van der Waals surface area contributed by atoms with Gasteiger partial charge in [0.05, 0.1) is 0 Å². The van der Waals surface area contributed by atoms with Gasteiger partial charge in [-0.25, -0.2) is 0 Å². The van der Waals surface area contributed by atoms with Crippen molar-refractivity contribution in [2.24, 2.45) is 5.41 Å². The Morgan fingerprint density at radius 1 is 1.12 bits per heavy atom. The summed E-state index contributed by atoms with van der Waals surface area (Å²) in [4.78, 5) is 2.67. The average Bonchev–Trinajstić information content (AvgIpc) is 2.23. The molecule has 0 atom stereocenters. The fourth-order valence-electron chi connectivity index (χ4n) is 2.81. The van der Waals surface area contributed by atoms with E-state index in [1.807, 2.05) is 0 Å². The molecule has 0 spiro atoms. The molecule has 2 rings (SSSR count). The standard InChI is InChI=1S/C13H26N2O/c1-13(4-10-16-11-5-13)12-15-8-2-6-14-7-3-9-15/h14H,2-12H2,1H3. The van der Waals surface area contributed by atoms with Gasteiger partial charge in [0.15, 0.2) is 0 Å². The predicted molar refractivity (Wildman–Crippen MR) is 66.7 cm³/mol. The molecule has 0 saturated carbocycles. The topological polar surface area (TPSA) is 24.5 Å². The molecule has 0 amide bonds. The van der Waals surface area contributed by atoms with Gasteiger partial charge < -0.3 is 15.0 Å². The molecule has 0 aromatic heterocycles. The maximum Gasteiger partial charge on any atom is 0.0471 e. The summed E-state index contributed by atoms with van der Waals surface area (Å²) in [6.45, 7) is 10.6. The van der Waals surface area contributed by atoms with Gasteiger partial charge in [0.1, 0.15) is 0 Å². The second-order valence-electron chi connectivity index (χ2n) is 5.66. The van der Waals surface area contributed by atoms with Crippen LogP contribution in [0, 0.1) is 5.41 Å². The Hall–Kier alpha value is -0.120. The van der Waals surface area contributed by atoms with Gasteiger partial charge in [0.2, 0.25) is 0 Å². The van der Waals surface area contributed by atoms with Crippen LogP contribution in [0.15, 0.2) is 0 Å². The lowest BCUT2D eigenvalue weighted by Gasteiger charge is -2.38. The molecule has 2 heterocycles. The third kappa shape index (κ3) is 3.72. The zero-order valence-corrected chi connectivity index (χ0v) is 10.6. The second-order valence-corrected chi connectivity index (χ2v) is 5.66. The molecule has 16 heavy (non-hydrogen) atoms. The Morgan fingerprint density at radius 3 is 2.38 bits per heavy atom. The molecule has 0 aromatic rings. The first-order valence-corrected chi connectivity index (χ1v) is 6.79. The van der Waals surface area contributed by atoms with Gasteiger partial charge in [-0.3, -0.25) is 0 Å². The first-order chi connectivity index (χ1) is 7.79. The lowest BCUT2D eigenvalue weighted by molar-refractivity contribution is 0.00419. The minimum atomic E-state index is 0.505. The smallest absolute Gasteiger partial charge is 0.0471 e. The van der Waals surface area contributed by atoms with Crippen LogP contribution in [0.25, 0.3) is 0 Å². The van der Waals surface area contributed by atoms with Crippen molar-refractivity contribution in [3.05, 3.63) is 0 Å². The Balaban J connectivity index is 1.81. The molecule has 1 N–H and O–H groups in total. The molecule has 2 saturated heterocycles. The highest BCUT2D eigenvalue weighted by molar-refractivity contribution is 4.81. The quantitative estimate of drug-likeness (QED) is 0.772. The van der Waals surface area contributed by atoms with Crippen molar-refractivity contribution in [3.63, 3.8) is 0 Å². The summed E-state index contributed by atoms with van der Waals surface area (Å²) < 4.78 is 5.47. The summed E-state index contributed by atoms with van der Waals surface area (Å²) in [5, 5.41) is 3.47. The van der Waals surface area contributed by atoms with E-state index in [9.17, 15) is 0 Å². The first kappa shape index (κ1) is 12.3. The van der Waals surface area contributed by atoms with Crippen LogP contribution in [0.1, 0.15) is 32.6 Å². The fourth-order valence-corrected chi connectivity index (χ4v) is 2.81. The molecule has 0 bridgehead atoms. The molecule has 0 unspecified atom stereocenters. The molecule has 2 aliphatic rings. The number of ether oxygens (including phenoxy) is 1. The number of hydrogen-bond donors (Lipinski definition) is 1. The molecular weight excluding hydrogens is 200 g/mol. The number of hydrogen-bond acceptors (Lipinski definition) is 3. The monoisotopic (exact) mass is 226 g/mol. The lowest BCUT2D eigenvalue weighted by Crippen LogP contribution is -2.42. The predicted octanol–water partition coefficient (Wildman–Crippen LogP) is 1.49. The molecular formula is C13H26N2O. The van der Waals surface area contributed by atoms with E-state index in [0.717, 1.165) is 13.2 Å². The van der Waals surface area contributed by atoms with Gasteiger partial charge in [-0.1, -0.05) is 6.92 Å². The summed E-state index contributed by atoms with van der Waals surface area (Å²) in [6, 6.07) is 0. The van der Waals surface area contributed by atoms with Crippen molar-refractivity contribution >= 4 is 0 Å². The van der Waals surface area contributed by atoms with Gasteiger partial charge in [-0.15, -0.1) is 0 Å². The fraction of sp³-hybridized carbons (Fsp3) is 1.00. The maximum absolute atomic E-state index is 5.47. The third-order valence-corrected chi connectivity index (χ3v) is 3.96. The Labute approximate surface area is 99.5 Å². The molecule has 0 aromatic carbocycles. The van der Waals surface area contributed by atoms with Crippen molar-refractivity contribution in [1.29, 1.82) is 0 Å². The molecule has 94 valence electrons. The average molecular weight is 226 g/mol. The largest absolute Gasteiger partial charge is 0.381 e. The Bertz CT molecular complexity index is 194. The van der Waals surface area contributed by atoms with Gasteiger partial charge in [-0.05, 0) is 57.3 Å². The molecule has 0 aliphatic carbocycles. The third-order valence-electron chi connectivity index (χ3n) is 3.96. The van der Waals surface area contributed by atoms with E-state index in [1.54, 1.807) is 0 Å². The maximum atomic E-state index is 5.47. The normalized spacial score (nSPS) is 28.3. The van der Waals surface area contributed by atoms with Crippen molar-refractivity contribution in [2.45, 2.75) is 32.6 Å². The summed E-state index contributed by atoms with van der Waals surface area (Å²) >= 11 is 0. The summed E-state index contributed by atoms with van der Waals surface area (Å²) in [6.07, 6.45) is 5.07. The summed E-state index contributed by atoms with van der Waals surface area (Å²) in [5.41, 5.74) is 0.505. The van der Waals surface area contributed by atoms with Gasteiger partial charge in [0.25, 0.3) is 0 Å². The molecule has 2 fully saturated rings. The van der Waals surface area contributed by atoms with Crippen LogP contribution in [-0.4, -0.2) is 50.8 Å². The second kappa shape index (κ2) is 5.99. The van der Waals surface area contributed by atoms with Crippen molar-refractivity contribution in [3.8, 4) is 0 Å². The zero-order valence-electron chi connectivity index (χ0n) is 10.6. The van der Waals surface area contributed by atoms with E-state index >= 15 is 0 Å². The molecule has 2 aliphatic heterocycles. The van der Waals surface area contributed by atoms with E-state index in [-0.39, 0.29) is 0 Å². The van der Waals surface area contributed by atoms with E-state index in [0.29, 0.717) is 5.41 Å². The molecule has 3 heteroatoms. The first-order valence-electron chi connectivity index (χ1n) is 6.79. The van der Waals surface area contributed by atoms with Crippen LogP contribution in [0.4, 0.5) is 0 Å². The van der Waals surface area contributed by atoms with E-state index < -0.39 is 0 Å². The summed E-state index contributed by atoms with van der Waals surface area (Å²) in [5.74, 6) is 0. The zero-order chi connectivity index (χ0) is 11.3. The SMILES string of the molecule is CC1(CN2CCCNCCC2)CCOCC1. The minimum Gasteiger partial charge on any atom is -0.381 e. The van der Waals surface area contributed by atoms with Crippen molar-refractivity contribution in [2.75, 3.05) is 45.9 Å². The molecule has 3 nitrogen and oxygen atoms in total. The van der Waals surface area contributed by atoms with Crippen molar-refractivity contribution in [1.82, 2.24) is 10.2 Å². The van der Waals surface area contributed by atoms with Crippen LogP contribution in [0.5, 0.6) is 0 Å². The summed E-state index contributed by atoms with van der Waals surface area (Å²) in [7, 11) is 0.